The normalized spacial score (nSPS) is 18.7. The maximum absolute atomic E-state index is 13.5. The number of aryl methyl sites for hydroxylation is 1. The maximum Gasteiger partial charge on any atom is 0.238 e. The summed E-state index contributed by atoms with van der Waals surface area (Å²) in [6, 6.07) is 11.6. The van der Waals surface area contributed by atoms with Gasteiger partial charge in [0.05, 0.1) is 4.90 Å². The highest BCUT2D eigenvalue weighted by atomic mass is 32.2. The highest BCUT2D eigenvalue weighted by Gasteiger charge is 2.24. The van der Waals surface area contributed by atoms with E-state index in [9.17, 15) is 12.8 Å². The van der Waals surface area contributed by atoms with E-state index in [4.69, 9.17) is 5.14 Å². The minimum Gasteiger partial charge on any atom is -0.303 e. The van der Waals surface area contributed by atoms with E-state index in [1.165, 1.54) is 23.8 Å². The van der Waals surface area contributed by atoms with Gasteiger partial charge in [-0.05, 0) is 60.7 Å². The van der Waals surface area contributed by atoms with Gasteiger partial charge >= 0.3 is 0 Å². The first-order chi connectivity index (χ1) is 10.8. The second-order valence-corrected chi connectivity index (χ2v) is 7.50. The summed E-state index contributed by atoms with van der Waals surface area (Å²) in [5.74, 6) is -0.220. The molecule has 2 aromatic carbocycles. The van der Waals surface area contributed by atoms with Gasteiger partial charge in [0.25, 0.3) is 0 Å². The van der Waals surface area contributed by atoms with Crippen LogP contribution in [0.3, 0.4) is 0 Å². The van der Waals surface area contributed by atoms with Gasteiger partial charge in [0.2, 0.25) is 10.0 Å². The second kappa shape index (κ2) is 6.03. The quantitative estimate of drug-likeness (QED) is 0.903. The summed E-state index contributed by atoms with van der Waals surface area (Å²) >= 11 is 0. The van der Waals surface area contributed by atoms with Crippen LogP contribution in [0.5, 0.6) is 0 Å². The first-order valence-electron chi connectivity index (χ1n) is 7.52. The van der Waals surface area contributed by atoms with E-state index < -0.39 is 10.0 Å². The zero-order chi connectivity index (χ0) is 16.6. The van der Waals surface area contributed by atoms with E-state index >= 15 is 0 Å². The van der Waals surface area contributed by atoms with Gasteiger partial charge in [-0.25, -0.2) is 17.9 Å². The fourth-order valence-electron chi connectivity index (χ4n) is 3.09. The summed E-state index contributed by atoms with van der Waals surface area (Å²) in [6.07, 6.45) is 1.86. The van der Waals surface area contributed by atoms with E-state index in [-0.39, 0.29) is 22.8 Å². The van der Waals surface area contributed by atoms with Crippen molar-refractivity contribution < 1.29 is 12.8 Å². The van der Waals surface area contributed by atoms with Crippen molar-refractivity contribution in [3.8, 4) is 0 Å². The zero-order valence-corrected chi connectivity index (χ0v) is 13.6. The fourth-order valence-corrected chi connectivity index (χ4v) is 3.61. The number of hydrogen-bond donors (Lipinski definition) is 2. The third kappa shape index (κ3) is 3.44. The molecule has 3 rings (SSSR count). The molecule has 0 aliphatic heterocycles. The smallest absolute Gasteiger partial charge is 0.238 e. The van der Waals surface area contributed by atoms with Gasteiger partial charge in [-0.3, -0.25) is 0 Å². The van der Waals surface area contributed by atoms with Crippen LogP contribution in [-0.2, 0) is 16.4 Å². The van der Waals surface area contributed by atoms with Crippen LogP contribution in [0.4, 0.5) is 4.39 Å². The molecule has 2 atom stereocenters. The molecule has 0 heterocycles. The number of fused-ring (bicyclic) bond motifs is 1. The number of hydrogen-bond acceptors (Lipinski definition) is 3. The molecule has 3 N–H and O–H groups in total. The number of primary sulfonamides is 1. The third-order valence-electron chi connectivity index (χ3n) is 4.35. The van der Waals surface area contributed by atoms with Crippen LogP contribution in [0.25, 0.3) is 0 Å². The van der Waals surface area contributed by atoms with Crippen LogP contribution in [0.2, 0.25) is 0 Å². The summed E-state index contributed by atoms with van der Waals surface area (Å²) in [4.78, 5) is 0.0988. The Morgan fingerprint density at radius 3 is 2.57 bits per heavy atom. The Kier molecular flexibility index (Phi) is 4.23. The van der Waals surface area contributed by atoms with Gasteiger partial charge < -0.3 is 5.32 Å². The minimum atomic E-state index is -3.67. The molecule has 4 nitrogen and oxygen atoms in total. The zero-order valence-electron chi connectivity index (χ0n) is 12.8. The Bertz CT molecular complexity index is 819. The number of nitrogens with one attached hydrogen (secondary N) is 1. The molecule has 1 aliphatic rings. The van der Waals surface area contributed by atoms with Crippen molar-refractivity contribution in [2.45, 2.75) is 36.7 Å². The average Bonchev–Trinajstić information content (AvgIpc) is 2.89. The maximum atomic E-state index is 13.5. The van der Waals surface area contributed by atoms with Gasteiger partial charge in [-0.2, -0.15) is 0 Å². The molecule has 6 heteroatoms. The molecule has 0 saturated carbocycles. The number of benzene rings is 2. The summed E-state index contributed by atoms with van der Waals surface area (Å²) < 4.78 is 36.0. The largest absolute Gasteiger partial charge is 0.303 e. The van der Waals surface area contributed by atoms with Crippen molar-refractivity contribution in [1.82, 2.24) is 5.32 Å². The van der Waals surface area contributed by atoms with Crippen LogP contribution >= 0.6 is 0 Å². The Morgan fingerprint density at radius 2 is 1.91 bits per heavy atom. The van der Waals surface area contributed by atoms with E-state index in [1.807, 2.05) is 13.0 Å². The van der Waals surface area contributed by atoms with Crippen LogP contribution in [0.1, 0.15) is 42.1 Å². The third-order valence-corrected chi connectivity index (χ3v) is 5.27. The molecule has 0 amide bonds. The van der Waals surface area contributed by atoms with E-state index in [2.05, 4.69) is 5.32 Å². The molecular weight excluding hydrogens is 315 g/mol. The van der Waals surface area contributed by atoms with Crippen LogP contribution in [0, 0.1) is 5.82 Å². The van der Waals surface area contributed by atoms with Gasteiger partial charge in [0, 0.05) is 12.1 Å². The predicted octanol–water partition coefficient (Wildman–Crippen LogP) is 2.81. The Labute approximate surface area is 135 Å². The minimum absolute atomic E-state index is 0.0174. The van der Waals surface area contributed by atoms with Gasteiger partial charge in [0.15, 0.2) is 0 Å². The molecule has 0 bridgehead atoms. The molecule has 23 heavy (non-hydrogen) atoms. The molecule has 1 aliphatic carbocycles. The van der Waals surface area contributed by atoms with Crippen molar-refractivity contribution in [2.24, 2.45) is 5.14 Å². The Hall–Kier alpha value is -1.76. The second-order valence-electron chi connectivity index (χ2n) is 5.94. The lowest BCUT2D eigenvalue weighted by Crippen LogP contribution is -2.23. The number of nitrogens with two attached hydrogens (primary N) is 1. The van der Waals surface area contributed by atoms with Gasteiger partial charge in [-0.15, -0.1) is 0 Å². The monoisotopic (exact) mass is 334 g/mol. The SMILES string of the molecule is C[C@H](N[C@H]1CCc2ccc(F)cc21)c1ccc(S(N)(=O)=O)cc1. The molecule has 122 valence electrons. The van der Waals surface area contributed by atoms with Crippen LogP contribution in [0.15, 0.2) is 47.4 Å². The molecule has 2 aromatic rings. The topological polar surface area (TPSA) is 72.2 Å². The Morgan fingerprint density at radius 1 is 1.22 bits per heavy atom. The van der Waals surface area contributed by atoms with Crippen LogP contribution in [-0.4, -0.2) is 8.42 Å². The van der Waals surface area contributed by atoms with Gasteiger partial charge in [-0.1, -0.05) is 18.2 Å². The first kappa shape index (κ1) is 16.1. The summed E-state index contributed by atoms with van der Waals surface area (Å²) in [5.41, 5.74) is 3.15. The highest BCUT2D eigenvalue weighted by Crippen LogP contribution is 2.33. The van der Waals surface area contributed by atoms with E-state index in [1.54, 1.807) is 18.2 Å². The molecule has 0 unspecified atom stereocenters. The average molecular weight is 334 g/mol. The summed E-state index contributed by atoms with van der Waals surface area (Å²) in [5, 5.41) is 8.59. The van der Waals surface area contributed by atoms with E-state index in [0.717, 1.165) is 24.0 Å². The van der Waals surface area contributed by atoms with Crippen molar-refractivity contribution >= 4 is 10.0 Å². The number of sulfonamides is 1. The van der Waals surface area contributed by atoms with Gasteiger partial charge in [0.1, 0.15) is 5.82 Å². The predicted molar refractivity (Wildman–Crippen MR) is 86.8 cm³/mol. The Balaban J connectivity index is 1.76. The molecule has 0 radical (unpaired) electrons. The number of rotatable bonds is 4. The fraction of sp³-hybridized carbons (Fsp3) is 0.294. The van der Waals surface area contributed by atoms with Crippen molar-refractivity contribution in [3.63, 3.8) is 0 Å². The summed E-state index contributed by atoms with van der Waals surface area (Å²) in [6.45, 7) is 2.00. The first-order valence-corrected chi connectivity index (χ1v) is 9.06. The lowest BCUT2D eigenvalue weighted by atomic mass is 10.0. The molecule has 0 aromatic heterocycles. The lowest BCUT2D eigenvalue weighted by Gasteiger charge is -2.21. The molecule has 0 saturated heterocycles. The van der Waals surface area contributed by atoms with Crippen molar-refractivity contribution in [2.75, 3.05) is 0 Å². The standard InChI is InChI=1S/C17H19FN2O2S/c1-11(12-3-7-15(8-4-12)23(19,21)22)20-17-9-5-13-2-6-14(18)10-16(13)17/h2-4,6-8,10-11,17,20H,5,9H2,1H3,(H2,19,21,22)/t11-,17-/m0/s1. The van der Waals surface area contributed by atoms with Crippen LogP contribution < -0.4 is 10.5 Å². The highest BCUT2D eigenvalue weighted by molar-refractivity contribution is 7.89. The lowest BCUT2D eigenvalue weighted by molar-refractivity contribution is 0.463. The molecule has 0 spiro atoms. The number of halogens is 1. The van der Waals surface area contributed by atoms with Crippen molar-refractivity contribution in [3.05, 3.63) is 65.0 Å². The summed E-state index contributed by atoms with van der Waals surface area (Å²) in [7, 11) is -3.67. The molecule has 0 fully saturated rings. The van der Waals surface area contributed by atoms with E-state index in [0.29, 0.717) is 0 Å². The van der Waals surface area contributed by atoms with Crippen molar-refractivity contribution in [1.29, 1.82) is 0 Å². The molecular formula is C17H19FN2O2S.